The lowest BCUT2D eigenvalue weighted by Crippen LogP contribution is -2.63. The summed E-state index contributed by atoms with van der Waals surface area (Å²) in [5.74, 6) is -4.52. The Labute approximate surface area is 310 Å². The van der Waals surface area contributed by atoms with Crippen LogP contribution in [0.25, 0.3) is 0 Å². The molecule has 0 radical (unpaired) electrons. The zero-order valence-corrected chi connectivity index (χ0v) is 31.5. The maximum absolute atomic E-state index is 14.5. The zero-order valence-electron chi connectivity index (χ0n) is 31.5. The smallest absolute Gasteiger partial charge is 0.407 e. The van der Waals surface area contributed by atoms with E-state index < -0.39 is 83.6 Å². The minimum absolute atomic E-state index is 0.0150. The Morgan fingerprint density at radius 2 is 1.43 bits per heavy atom. The highest BCUT2D eigenvalue weighted by molar-refractivity contribution is 6.38. The molecule has 0 aromatic heterocycles. The van der Waals surface area contributed by atoms with E-state index in [0.29, 0.717) is 32.1 Å². The molecular formula is C36H57N7O10. The summed E-state index contributed by atoms with van der Waals surface area (Å²) in [6, 6.07) is -5.59. The molecule has 7 atom stereocenters. The Hall–Kier alpha value is -4.44. The van der Waals surface area contributed by atoms with Gasteiger partial charge in [0.25, 0.3) is 5.91 Å². The summed E-state index contributed by atoms with van der Waals surface area (Å²) in [4.78, 5) is 107. The predicted octanol–water partition coefficient (Wildman–Crippen LogP) is 0.785. The fraction of sp³-hybridized carbons (Fsp3) is 0.778. The van der Waals surface area contributed by atoms with Crippen LogP contribution >= 0.6 is 0 Å². The van der Waals surface area contributed by atoms with Gasteiger partial charge in [-0.25, -0.2) is 9.59 Å². The molecule has 3 aliphatic carbocycles. The quantitative estimate of drug-likeness (QED) is 0.115. The number of hydrogen-bond donors (Lipinski definition) is 6. The standard InChI is InChI=1S/C36H57N7O10/c1-6-10-24(29(44)33(48)38-22-14-15-22)39-32(47)28-21-13-16-23(17-21)43(28)34(49)26(19(2)3)41-31(46)27(20-11-8-7-9-12-20)42-30(45)25(40-36(51)53-5)18-37-35(50)52-4/h19-28H,6-18H2,1-5H3,(H,37,50)(H,38,48)(H,39,47)(H,40,51)(H,41,46)(H,42,45)/t21-,23+,24?,25+,26+,27+,28+/m1/s1. The normalized spacial score (nSPS) is 23.1. The summed E-state index contributed by atoms with van der Waals surface area (Å²) < 4.78 is 9.23. The van der Waals surface area contributed by atoms with E-state index in [1.54, 1.807) is 18.7 Å². The second-order valence-electron chi connectivity index (χ2n) is 15.1. The van der Waals surface area contributed by atoms with E-state index in [4.69, 9.17) is 0 Å². The maximum atomic E-state index is 14.5. The van der Waals surface area contributed by atoms with Crippen LogP contribution in [-0.2, 0) is 38.2 Å². The molecule has 0 aromatic carbocycles. The van der Waals surface area contributed by atoms with Gasteiger partial charge in [0.15, 0.2) is 0 Å². The Morgan fingerprint density at radius 1 is 0.755 bits per heavy atom. The second-order valence-corrected chi connectivity index (χ2v) is 15.1. The molecule has 4 aliphatic rings. The number of carbonyl (C=O) groups is 8. The van der Waals surface area contributed by atoms with Crippen LogP contribution in [0.4, 0.5) is 9.59 Å². The van der Waals surface area contributed by atoms with E-state index in [1.165, 1.54) is 0 Å². The molecule has 1 aliphatic heterocycles. The molecule has 0 aromatic rings. The van der Waals surface area contributed by atoms with E-state index in [0.717, 1.165) is 52.7 Å². The lowest BCUT2D eigenvalue weighted by molar-refractivity contribution is -0.148. The first-order valence-electron chi connectivity index (χ1n) is 19.0. The van der Waals surface area contributed by atoms with Gasteiger partial charge in [-0.3, -0.25) is 28.8 Å². The Bertz CT molecular complexity index is 1380. The molecule has 7 amide bonds. The minimum Gasteiger partial charge on any atom is -0.453 e. The third-order valence-electron chi connectivity index (χ3n) is 10.8. The van der Waals surface area contributed by atoms with Gasteiger partial charge < -0.3 is 46.3 Å². The summed E-state index contributed by atoms with van der Waals surface area (Å²) >= 11 is 0. The van der Waals surface area contributed by atoms with E-state index >= 15 is 0 Å². The number of amides is 7. The van der Waals surface area contributed by atoms with Crippen molar-refractivity contribution in [1.82, 2.24) is 36.8 Å². The topological polar surface area (TPSA) is 230 Å². The first-order chi connectivity index (χ1) is 25.3. The maximum Gasteiger partial charge on any atom is 0.407 e. The number of rotatable bonds is 17. The number of methoxy groups -OCH3 is 2. The number of ketones is 1. The number of nitrogens with one attached hydrogen (secondary N) is 6. The van der Waals surface area contributed by atoms with Gasteiger partial charge in [-0.1, -0.05) is 46.5 Å². The molecule has 1 saturated heterocycles. The van der Waals surface area contributed by atoms with E-state index in [-0.39, 0.29) is 36.9 Å². The lowest BCUT2D eigenvalue weighted by Gasteiger charge is -2.39. The SMILES string of the molecule is CCCC(NC(=O)[C@@H]1[C@@H]2CC[C@@H](C2)N1C(=O)[C@@H](NC(=O)[C@@H](NC(=O)[C@H](CNC(=O)OC)NC(=O)OC)C1CCCCC1)C(C)C)C(=O)C(=O)NC1CC1. The number of nitrogens with zero attached hydrogens (tertiary/aromatic N) is 1. The second kappa shape index (κ2) is 19.1. The van der Waals surface area contributed by atoms with Crippen LogP contribution < -0.4 is 31.9 Å². The van der Waals surface area contributed by atoms with Gasteiger partial charge in [0.2, 0.25) is 29.4 Å². The number of likely N-dealkylation sites (tertiary alicyclic amines) is 1. The van der Waals surface area contributed by atoms with Gasteiger partial charge >= 0.3 is 12.2 Å². The summed E-state index contributed by atoms with van der Waals surface area (Å²) in [5, 5.41) is 15.9. The van der Waals surface area contributed by atoms with Crippen molar-refractivity contribution >= 4 is 47.5 Å². The zero-order chi connectivity index (χ0) is 38.8. The molecule has 17 nitrogen and oxygen atoms in total. The molecule has 53 heavy (non-hydrogen) atoms. The van der Waals surface area contributed by atoms with Crippen LogP contribution in [0, 0.1) is 17.8 Å². The minimum atomic E-state index is -1.31. The van der Waals surface area contributed by atoms with Crippen LogP contribution in [0.5, 0.6) is 0 Å². The predicted molar refractivity (Wildman–Crippen MR) is 190 cm³/mol. The van der Waals surface area contributed by atoms with Crippen LogP contribution in [-0.4, -0.2) is 115 Å². The van der Waals surface area contributed by atoms with Gasteiger partial charge in [0.05, 0.1) is 26.8 Å². The van der Waals surface area contributed by atoms with Crippen molar-refractivity contribution in [2.24, 2.45) is 17.8 Å². The van der Waals surface area contributed by atoms with E-state index in [9.17, 15) is 38.4 Å². The molecule has 17 heteroatoms. The number of hydrogen-bond acceptors (Lipinski definition) is 10. The van der Waals surface area contributed by atoms with Gasteiger partial charge in [-0.2, -0.15) is 0 Å². The average Bonchev–Trinajstić information content (AvgIpc) is 3.72. The molecule has 1 heterocycles. The number of alkyl carbamates (subject to hydrolysis) is 2. The van der Waals surface area contributed by atoms with Crippen molar-refractivity contribution in [3.8, 4) is 0 Å². The first-order valence-corrected chi connectivity index (χ1v) is 19.0. The van der Waals surface area contributed by atoms with Crippen molar-refractivity contribution in [1.29, 1.82) is 0 Å². The first kappa shape index (κ1) is 41.3. The fourth-order valence-electron chi connectivity index (χ4n) is 7.80. The average molecular weight is 748 g/mol. The van der Waals surface area contributed by atoms with Crippen molar-refractivity contribution in [2.45, 2.75) is 140 Å². The molecule has 1 unspecified atom stereocenters. The van der Waals surface area contributed by atoms with Crippen molar-refractivity contribution in [3.05, 3.63) is 0 Å². The van der Waals surface area contributed by atoms with Gasteiger partial charge in [-0.15, -0.1) is 0 Å². The molecule has 296 valence electrons. The highest BCUT2D eigenvalue weighted by Crippen LogP contribution is 2.43. The number of ether oxygens (including phenoxy) is 2. The third kappa shape index (κ3) is 10.8. The van der Waals surface area contributed by atoms with Crippen molar-refractivity contribution in [2.75, 3.05) is 20.8 Å². The number of Topliss-reactive ketones (excluding diaryl/α,β-unsaturated/α-hetero) is 1. The largest absolute Gasteiger partial charge is 0.453 e. The molecule has 3 saturated carbocycles. The Morgan fingerprint density at radius 3 is 2.04 bits per heavy atom. The van der Waals surface area contributed by atoms with Crippen LogP contribution in [0.1, 0.15) is 97.8 Å². The van der Waals surface area contributed by atoms with Gasteiger partial charge in [0, 0.05) is 12.1 Å². The molecule has 4 fully saturated rings. The molecular weight excluding hydrogens is 690 g/mol. The monoisotopic (exact) mass is 747 g/mol. The van der Waals surface area contributed by atoms with E-state index in [2.05, 4.69) is 41.4 Å². The summed E-state index contributed by atoms with van der Waals surface area (Å²) in [7, 11) is 2.27. The van der Waals surface area contributed by atoms with Gasteiger partial charge in [-0.05, 0) is 69.1 Å². The van der Waals surface area contributed by atoms with Crippen LogP contribution in [0.2, 0.25) is 0 Å². The van der Waals surface area contributed by atoms with Crippen molar-refractivity contribution in [3.63, 3.8) is 0 Å². The van der Waals surface area contributed by atoms with Crippen LogP contribution in [0.3, 0.4) is 0 Å². The summed E-state index contributed by atoms with van der Waals surface area (Å²) in [6.45, 7) is 5.07. The van der Waals surface area contributed by atoms with E-state index in [1.807, 2.05) is 6.92 Å². The summed E-state index contributed by atoms with van der Waals surface area (Å²) in [6.07, 6.45) is 6.63. The van der Waals surface area contributed by atoms with Crippen LogP contribution in [0.15, 0.2) is 0 Å². The molecule has 6 N–H and O–H groups in total. The fourth-order valence-corrected chi connectivity index (χ4v) is 7.80. The molecule has 0 spiro atoms. The van der Waals surface area contributed by atoms with Crippen molar-refractivity contribution < 1.29 is 47.8 Å². The number of piperidine rings is 1. The Kier molecular flexibility index (Phi) is 14.9. The number of carbonyl (C=O) groups excluding carboxylic acids is 8. The summed E-state index contributed by atoms with van der Waals surface area (Å²) in [5.41, 5.74) is 0. The van der Waals surface area contributed by atoms with Gasteiger partial charge in [0.1, 0.15) is 24.2 Å². The third-order valence-corrected chi connectivity index (χ3v) is 10.8. The highest BCUT2D eigenvalue weighted by atomic mass is 16.5. The molecule has 4 rings (SSSR count). The number of fused-ring (bicyclic) bond motifs is 2. The Balaban J connectivity index is 1.52. The molecule has 2 bridgehead atoms. The highest BCUT2D eigenvalue weighted by Gasteiger charge is 2.53. The lowest BCUT2D eigenvalue weighted by atomic mass is 9.83.